The first-order chi connectivity index (χ1) is 14.7. The summed E-state index contributed by atoms with van der Waals surface area (Å²) in [4.78, 5) is 18.1. The van der Waals surface area contributed by atoms with Crippen molar-refractivity contribution in [2.45, 2.75) is 11.8 Å². The van der Waals surface area contributed by atoms with Gasteiger partial charge in [0, 0.05) is 11.9 Å². The number of methoxy groups -OCH3 is 1. The average Bonchev–Trinajstić information content (AvgIpc) is 2.74. The molecule has 0 atom stereocenters. The van der Waals surface area contributed by atoms with E-state index in [2.05, 4.69) is 14.7 Å². The van der Waals surface area contributed by atoms with Crippen LogP contribution in [0.25, 0.3) is 0 Å². The molecule has 0 aliphatic carbocycles. The second-order valence-electron chi connectivity index (χ2n) is 6.41. The van der Waals surface area contributed by atoms with Crippen molar-refractivity contribution in [2.75, 3.05) is 11.8 Å². The molecule has 158 valence electrons. The van der Waals surface area contributed by atoms with Gasteiger partial charge in [-0.15, -0.1) is 0 Å². The lowest BCUT2D eigenvalue weighted by Crippen LogP contribution is -2.14. The Kier molecular flexibility index (Phi) is 6.08. The number of aromatic nitrogens is 1. The van der Waals surface area contributed by atoms with Crippen LogP contribution in [0.4, 0.5) is 11.4 Å². The van der Waals surface area contributed by atoms with Gasteiger partial charge in [0.2, 0.25) is 5.88 Å². The molecule has 0 aliphatic rings. The standard InChI is InChI=1S/C21H18N4O5S/c1-13-18(11-22)20(26)24-21(27)19(13)12-23-14-5-9-17(10-6-14)31(28,29)25-15-3-7-16(30-2)8-4-15/h3-10,12,25H,1-2H3,(H2,24,26,27). The molecule has 3 aromatic rings. The first kappa shape index (κ1) is 21.6. The fourth-order valence-electron chi connectivity index (χ4n) is 2.74. The van der Waals surface area contributed by atoms with Crippen LogP contribution in [-0.4, -0.2) is 31.8 Å². The quantitative estimate of drug-likeness (QED) is 0.505. The number of pyridine rings is 1. The van der Waals surface area contributed by atoms with Crippen molar-refractivity contribution in [3.05, 3.63) is 75.6 Å². The third-order valence-corrected chi connectivity index (χ3v) is 5.83. The van der Waals surface area contributed by atoms with E-state index in [1.54, 1.807) is 30.3 Å². The van der Waals surface area contributed by atoms with Crippen LogP contribution in [0.5, 0.6) is 11.6 Å². The number of ether oxygens (including phenoxy) is 1. The lowest BCUT2D eigenvalue weighted by atomic mass is 10.1. The molecule has 0 spiro atoms. The maximum atomic E-state index is 12.6. The van der Waals surface area contributed by atoms with Crippen LogP contribution in [0, 0.1) is 18.3 Å². The first-order valence-corrected chi connectivity index (χ1v) is 10.4. The number of sulfonamides is 1. The summed E-state index contributed by atoms with van der Waals surface area (Å²) < 4.78 is 32.6. The minimum absolute atomic E-state index is 0.0390. The van der Waals surface area contributed by atoms with Crippen molar-refractivity contribution in [1.82, 2.24) is 4.98 Å². The van der Waals surface area contributed by atoms with Crippen molar-refractivity contribution < 1.29 is 18.3 Å². The van der Waals surface area contributed by atoms with E-state index < -0.39 is 21.5 Å². The highest BCUT2D eigenvalue weighted by molar-refractivity contribution is 7.92. The Morgan fingerprint density at radius 3 is 2.39 bits per heavy atom. The predicted molar refractivity (Wildman–Crippen MR) is 116 cm³/mol. The fourth-order valence-corrected chi connectivity index (χ4v) is 3.79. The summed E-state index contributed by atoms with van der Waals surface area (Å²) >= 11 is 0. The Labute approximate surface area is 178 Å². The van der Waals surface area contributed by atoms with Gasteiger partial charge < -0.3 is 9.84 Å². The van der Waals surface area contributed by atoms with Crippen LogP contribution in [0.1, 0.15) is 16.7 Å². The summed E-state index contributed by atoms with van der Waals surface area (Å²) in [5.74, 6) is 0.198. The Morgan fingerprint density at radius 2 is 1.81 bits per heavy atom. The largest absolute Gasteiger partial charge is 0.497 e. The van der Waals surface area contributed by atoms with Gasteiger partial charge >= 0.3 is 0 Å². The molecular formula is C21H18N4O5S. The second kappa shape index (κ2) is 8.73. The van der Waals surface area contributed by atoms with Crippen LogP contribution < -0.4 is 15.0 Å². The summed E-state index contributed by atoms with van der Waals surface area (Å²) in [6.07, 6.45) is 1.29. The molecule has 0 unspecified atom stereocenters. The molecule has 9 nitrogen and oxygen atoms in total. The lowest BCUT2D eigenvalue weighted by Gasteiger charge is -2.09. The maximum Gasteiger partial charge on any atom is 0.268 e. The molecule has 0 fully saturated rings. The molecule has 1 heterocycles. The second-order valence-corrected chi connectivity index (χ2v) is 8.10. The molecule has 10 heteroatoms. The van der Waals surface area contributed by atoms with Gasteiger partial charge in [0.25, 0.3) is 15.6 Å². The van der Waals surface area contributed by atoms with E-state index in [0.717, 1.165) is 0 Å². The molecule has 0 radical (unpaired) electrons. The number of hydrogen-bond donors (Lipinski definition) is 3. The molecule has 3 N–H and O–H groups in total. The Morgan fingerprint density at radius 1 is 1.16 bits per heavy atom. The Bertz CT molecular complexity index is 1340. The van der Waals surface area contributed by atoms with E-state index in [9.17, 15) is 18.3 Å². The highest BCUT2D eigenvalue weighted by atomic mass is 32.2. The number of nitrogens with zero attached hydrogens (tertiary/aromatic N) is 2. The molecule has 0 aliphatic heterocycles. The summed E-state index contributed by atoms with van der Waals surface area (Å²) in [5.41, 5.74) is 0.468. The van der Waals surface area contributed by atoms with Crippen molar-refractivity contribution >= 4 is 27.6 Å². The molecule has 0 amide bonds. The highest BCUT2D eigenvalue weighted by Crippen LogP contribution is 2.22. The molecule has 3 rings (SSSR count). The van der Waals surface area contributed by atoms with Crippen molar-refractivity contribution in [1.29, 1.82) is 5.26 Å². The van der Waals surface area contributed by atoms with E-state index in [4.69, 9.17) is 10.00 Å². The average molecular weight is 438 g/mol. The predicted octanol–water partition coefficient (Wildman–Crippen LogP) is 2.82. The SMILES string of the molecule is COc1ccc(NS(=O)(=O)c2ccc(N=Cc3c(O)[nH]c(=O)c(C#N)c3C)cc2)cc1. The molecular weight excluding hydrogens is 420 g/mol. The van der Waals surface area contributed by atoms with Gasteiger partial charge in [-0.1, -0.05) is 0 Å². The molecule has 0 saturated heterocycles. The zero-order valence-electron chi connectivity index (χ0n) is 16.6. The first-order valence-electron chi connectivity index (χ1n) is 8.92. The van der Waals surface area contributed by atoms with E-state index >= 15 is 0 Å². The number of aromatic amines is 1. The number of aliphatic imine (C=N–C) groups is 1. The molecule has 31 heavy (non-hydrogen) atoms. The van der Waals surface area contributed by atoms with Crippen LogP contribution in [0.2, 0.25) is 0 Å². The lowest BCUT2D eigenvalue weighted by molar-refractivity contribution is 0.415. The van der Waals surface area contributed by atoms with Gasteiger partial charge in [0.1, 0.15) is 17.4 Å². The summed E-state index contributed by atoms with van der Waals surface area (Å²) in [7, 11) is -2.28. The summed E-state index contributed by atoms with van der Waals surface area (Å²) in [6, 6.07) is 14.0. The zero-order valence-corrected chi connectivity index (χ0v) is 17.4. The molecule has 0 bridgehead atoms. The number of H-pyrrole nitrogens is 1. The topological polar surface area (TPSA) is 145 Å². The van der Waals surface area contributed by atoms with Gasteiger partial charge in [-0.05, 0) is 61.0 Å². The monoisotopic (exact) mass is 438 g/mol. The normalized spacial score (nSPS) is 11.3. The van der Waals surface area contributed by atoms with Crippen LogP contribution in [0.15, 0.2) is 63.2 Å². The number of nitrogens with one attached hydrogen (secondary N) is 2. The minimum atomic E-state index is -3.80. The van der Waals surface area contributed by atoms with Gasteiger partial charge in [0.15, 0.2) is 0 Å². The number of anilines is 1. The van der Waals surface area contributed by atoms with Crippen LogP contribution >= 0.6 is 0 Å². The fraction of sp³-hybridized carbons (Fsp3) is 0.0952. The molecule has 1 aromatic heterocycles. The van der Waals surface area contributed by atoms with Gasteiger partial charge in [0.05, 0.1) is 23.3 Å². The third kappa shape index (κ3) is 4.73. The smallest absolute Gasteiger partial charge is 0.268 e. The van der Waals surface area contributed by atoms with Gasteiger partial charge in [-0.25, -0.2) is 8.42 Å². The summed E-state index contributed by atoms with van der Waals surface area (Å²) in [5, 5.41) is 19.0. The number of hydrogen-bond acceptors (Lipinski definition) is 7. The highest BCUT2D eigenvalue weighted by Gasteiger charge is 2.15. The van der Waals surface area contributed by atoms with E-state index in [1.807, 2.05) is 0 Å². The van der Waals surface area contributed by atoms with E-state index in [1.165, 1.54) is 44.5 Å². The number of benzene rings is 2. The van der Waals surface area contributed by atoms with E-state index in [-0.39, 0.29) is 21.6 Å². The van der Waals surface area contributed by atoms with Gasteiger partial charge in [-0.2, -0.15) is 5.26 Å². The van der Waals surface area contributed by atoms with Gasteiger partial charge in [-0.3, -0.25) is 19.5 Å². The molecule has 2 aromatic carbocycles. The number of aromatic hydroxyl groups is 1. The maximum absolute atomic E-state index is 12.6. The van der Waals surface area contributed by atoms with Crippen molar-refractivity contribution in [3.8, 4) is 17.7 Å². The van der Waals surface area contributed by atoms with Crippen LogP contribution in [0.3, 0.4) is 0 Å². The number of nitriles is 1. The van der Waals surface area contributed by atoms with Crippen molar-refractivity contribution in [2.24, 2.45) is 4.99 Å². The summed E-state index contributed by atoms with van der Waals surface area (Å²) in [6.45, 7) is 1.52. The van der Waals surface area contributed by atoms with Crippen LogP contribution in [-0.2, 0) is 10.0 Å². The number of rotatable bonds is 6. The zero-order chi connectivity index (χ0) is 22.6. The third-order valence-electron chi connectivity index (χ3n) is 4.44. The minimum Gasteiger partial charge on any atom is -0.497 e. The van der Waals surface area contributed by atoms with E-state index in [0.29, 0.717) is 17.1 Å². The Balaban J connectivity index is 1.82. The van der Waals surface area contributed by atoms with Crippen molar-refractivity contribution in [3.63, 3.8) is 0 Å². The molecule has 0 saturated carbocycles. The Hall–Kier alpha value is -4.10.